The zero-order valence-electron chi connectivity index (χ0n) is 12.7. The monoisotopic (exact) mass is 296 g/mol. The number of carbonyl (C=O) groups is 2. The Kier molecular flexibility index (Phi) is 6.71. The first kappa shape index (κ1) is 17.0. The summed E-state index contributed by atoms with van der Waals surface area (Å²) in [6, 6.07) is -0.354. The maximum Gasteiger partial charge on any atom is 0.315 e. The number of hydrogen-bond donors (Lipinski definition) is 4. The third-order valence-electron chi connectivity index (χ3n) is 3.44. The number of carbonyl (C=O) groups excluding carboxylic acids is 1. The molecule has 2 amide bonds. The van der Waals surface area contributed by atoms with Crippen molar-refractivity contribution in [2.24, 2.45) is 5.92 Å². The molecular weight excluding hydrogens is 272 g/mol. The van der Waals surface area contributed by atoms with Gasteiger partial charge in [-0.05, 0) is 26.7 Å². The topological polar surface area (TPSA) is 107 Å². The van der Waals surface area contributed by atoms with Gasteiger partial charge in [0.05, 0.1) is 18.2 Å². The van der Waals surface area contributed by atoms with Crippen LogP contribution < -0.4 is 10.6 Å². The maximum atomic E-state index is 11.8. The fourth-order valence-electron chi connectivity index (χ4n) is 1.97. The van der Waals surface area contributed by atoms with Crippen molar-refractivity contribution < 1.29 is 14.7 Å². The van der Waals surface area contributed by atoms with Crippen LogP contribution in [0.3, 0.4) is 0 Å². The number of rotatable bonds is 8. The highest BCUT2D eigenvalue weighted by Gasteiger charge is 2.14. The summed E-state index contributed by atoms with van der Waals surface area (Å²) in [5, 5.41) is 21.0. The molecule has 0 saturated carbocycles. The molecule has 7 nitrogen and oxygen atoms in total. The van der Waals surface area contributed by atoms with Crippen molar-refractivity contribution in [3.63, 3.8) is 0 Å². The van der Waals surface area contributed by atoms with Crippen LogP contribution >= 0.6 is 0 Å². The number of carboxylic acids is 1. The number of hydrogen-bond acceptors (Lipinski definition) is 3. The van der Waals surface area contributed by atoms with Crippen molar-refractivity contribution in [1.82, 2.24) is 20.8 Å². The quantitative estimate of drug-likeness (QED) is 0.589. The number of carboxylic acid groups (broad SMARTS) is 1. The SMILES string of the molecule is CC(CCCC(C)C(=O)O)NC(=O)NC(C)c1cn[nH]c1. The van der Waals surface area contributed by atoms with Crippen molar-refractivity contribution in [1.29, 1.82) is 0 Å². The van der Waals surface area contributed by atoms with Gasteiger partial charge in [0, 0.05) is 17.8 Å². The minimum absolute atomic E-state index is 0.00236. The van der Waals surface area contributed by atoms with E-state index in [1.165, 1.54) is 0 Å². The van der Waals surface area contributed by atoms with Gasteiger partial charge in [-0.2, -0.15) is 5.10 Å². The summed E-state index contributed by atoms with van der Waals surface area (Å²) < 4.78 is 0. The van der Waals surface area contributed by atoms with Crippen molar-refractivity contribution in [3.8, 4) is 0 Å². The van der Waals surface area contributed by atoms with Gasteiger partial charge in [-0.15, -0.1) is 0 Å². The third-order valence-corrected chi connectivity index (χ3v) is 3.44. The van der Waals surface area contributed by atoms with Crippen LogP contribution in [0.4, 0.5) is 4.79 Å². The second-order valence-electron chi connectivity index (χ2n) is 5.44. The summed E-state index contributed by atoms with van der Waals surface area (Å²) in [5.74, 6) is -1.12. The standard InChI is InChI=1S/C14H24N4O3/c1-9(13(19)20)5-4-6-10(2)17-14(21)18-11(3)12-7-15-16-8-12/h7-11H,4-6H2,1-3H3,(H,15,16)(H,19,20)(H2,17,18,21). The Morgan fingerprint density at radius 2 is 2.00 bits per heavy atom. The largest absolute Gasteiger partial charge is 0.481 e. The van der Waals surface area contributed by atoms with Crippen molar-refractivity contribution in [2.45, 2.75) is 52.1 Å². The van der Waals surface area contributed by atoms with Crippen molar-refractivity contribution >= 4 is 12.0 Å². The Labute approximate surface area is 124 Å². The maximum absolute atomic E-state index is 11.8. The van der Waals surface area contributed by atoms with Gasteiger partial charge in [-0.1, -0.05) is 13.3 Å². The van der Waals surface area contributed by atoms with E-state index in [4.69, 9.17) is 5.11 Å². The van der Waals surface area contributed by atoms with Gasteiger partial charge in [0.15, 0.2) is 0 Å². The van der Waals surface area contributed by atoms with E-state index in [9.17, 15) is 9.59 Å². The van der Waals surface area contributed by atoms with Gasteiger partial charge in [0.2, 0.25) is 0 Å². The second kappa shape index (κ2) is 8.28. The number of nitrogens with one attached hydrogen (secondary N) is 3. The lowest BCUT2D eigenvalue weighted by molar-refractivity contribution is -0.141. The van der Waals surface area contributed by atoms with Crippen LogP contribution in [0.25, 0.3) is 0 Å². The summed E-state index contributed by atoms with van der Waals surface area (Å²) in [7, 11) is 0. The molecule has 3 atom stereocenters. The average molecular weight is 296 g/mol. The zero-order chi connectivity index (χ0) is 15.8. The molecule has 1 rings (SSSR count). The van der Waals surface area contributed by atoms with Crippen LogP contribution in [0.2, 0.25) is 0 Å². The van der Waals surface area contributed by atoms with Gasteiger partial charge in [-0.3, -0.25) is 9.89 Å². The van der Waals surface area contributed by atoms with Crippen molar-refractivity contribution in [2.75, 3.05) is 0 Å². The molecule has 0 aliphatic rings. The van der Waals surface area contributed by atoms with E-state index in [2.05, 4.69) is 20.8 Å². The fourth-order valence-corrected chi connectivity index (χ4v) is 1.97. The van der Waals surface area contributed by atoms with Gasteiger partial charge in [-0.25, -0.2) is 4.79 Å². The molecule has 0 saturated heterocycles. The molecule has 1 aromatic rings. The van der Waals surface area contributed by atoms with Gasteiger partial charge < -0.3 is 15.7 Å². The molecule has 0 spiro atoms. The molecule has 21 heavy (non-hydrogen) atoms. The van der Waals surface area contributed by atoms with Gasteiger partial charge >= 0.3 is 12.0 Å². The summed E-state index contributed by atoms with van der Waals surface area (Å²) in [6.45, 7) is 5.48. The lowest BCUT2D eigenvalue weighted by Crippen LogP contribution is -2.41. The summed E-state index contributed by atoms with van der Waals surface area (Å²) in [5.41, 5.74) is 0.910. The highest BCUT2D eigenvalue weighted by atomic mass is 16.4. The number of aromatic amines is 1. The van der Waals surface area contributed by atoms with E-state index in [1.807, 2.05) is 13.8 Å². The molecule has 1 heterocycles. The number of aliphatic carboxylic acids is 1. The Morgan fingerprint density at radius 3 is 2.57 bits per heavy atom. The number of nitrogens with zero attached hydrogens (tertiary/aromatic N) is 1. The molecule has 0 aromatic carbocycles. The summed E-state index contributed by atoms with van der Waals surface area (Å²) in [6.07, 6.45) is 5.55. The Balaban J connectivity index is 2.23. The Morgan fingerprint density at radius 1 is 1.29 bits per heavy atom. The molecule has 7 heteroatoms. The van der Waals surface area contributed by atoms with Crippen LogP contribution in [-0.2, 0) is 4.79 Å². The van der Waals surface area contributed by atoms with Crippen LogP contribution in [0, 0.1) is 5.92 Å². The molecule has 0 fully saturated rings. The molecule has 3 unspecified atom stereocenters. The normalized spacial score (nSPS) is 15.0. The van der Waals surface area contributed by atoms with Crippen LogP contribution in [0.15, 0.2) is 12.4 Å². The van der Waals surface area contributed by atoms with Gasteiger partial charge in [0.1, 0.15) is 0 Å². The third kappa shape index (κ3) is 6.29. The predicted octanol–water partition coefficient (Wildman–Crippen LogP) is 2.05. The van der Waals surface area contributed by atoms with E-state index < -0.39 is 5.97 Å². The molecular formula is C14H24N4O3. The molecule has 0 aliphatic heterocycles. The Hall–Kier alpha value is -2.05. The van der Waals surface area contributed by atoms with Gasteiger partial charge in [0.25, 0.3) is 0 Å². The van der Waals surface area contributed by atoms with E-state index >= 15 is 0 Å². The number of amides is 2. The summed E-state index contributed by atoms with van der Waals surface area (Å²) in [4.78, 5) is 22.5. The van der Waals surface area contributed by atoms with Crippen LogP contribution in [0.1, 0.15) is 51.6 Å². The molecule has 4 N–H and O–H groups in total. The number of urea groups is 1. The molecule has 0 bridgehead atoms. The minimum atomic E-state index is -0.776. The summed E-state index contributed by atoms with van der Waals surface area (Å²) >= 11 is 0. The van der Waals surface area contributed by atoms with Crippen LogP contribution in [-0.4, -0.2) is 33.3 Å². The van der Waals surface area contributed by atoms with Crippen LogP contribution in [0.5, 0.6) is 0 Å². The molecule has 0 aliphatic carbocycles. The zero-order valence-corrected chi connectivity index (χ0v) is 12.7. The highest BCUT2D eigenvalue weighted by Crippen LogP contribution is 2.11. The molecule has 118 valence electrons. The highest BCUT2D eigenvalue weighted by molar-refractivity contribution is 5.74. The lowest BCUT2D eigenvalue weighted by atomic mass is 10.0. The van der Waals surface area contributed by atoms with E-state index in [1.54, 1.807) is 19.3 Å². The number of H-pyrrole nitrogens is 1. The smallest absolute Gasteiger partial charge is 0.315 e. The predicted molar refractivity (Wildman–Crippen MR) is 78.8 cm³/mol. The van der Waals surface area contributed by atoms with E-state index in [0.717, 1.165) is 18.4 Å². The first-order chi connectivity index (χ1) is 9.90. The lowest BCUT2D eigenvalue weighted by Gasteiger charge is -2.17. The second-order valence-corrected chi connectivity index (χ2v) is 5.44. The molecule has 0 radical (unpaired) electrons. The number of aromatic nitrogens is 2. The minimum Gasteiger partial charge on any atom is -0.481 e. The first-order valence-corrected chi connectivity index (χ1v) is 7.18. The first-order valence-electron chi connectivity index (χ1n) is 7.18. The fraction of sp³-hybridized carbons (Fsp3) is 0.643. The van der Waals surface area contributed by atoms with Crippen molar-refractivity contribution in [3.05, 3.63) is 18.0 Å². The molecule has 1 aromatic heterocycles. The van der Waals surface area contributed by atoms with E-state index in [0.29, 0.717) is 6.42 Å². The average Bonchev–Trinajstić information content (AvgIpc) is 2.91. The van der Waals surface area contributed by atoms with E-state index in [-0.39, 0.29) is 24.0 Å². The Bertz CT molecular complexity index is 447.